The molecular formula is C19H19BrN4O. The molecule has 0 aliphatic heterocycles. The fourth-order valence-electron chi connectivity index (χ4n) is 2.32. The number of nitrogens with one attached hydrogen (secondary N) is 2. The largest absolute Gasteiger partial charge is 0.497 e. The molecule has 0 aliphatic carbocycles. The molecule has 0 radical (unpaired) electrons. The third-order valence-electron chi connectivity index (χ3n) is 3.69. The van der Waals surface area contributed by atoms with E-state index in [4.69, 9.17) is 4.74 Å². The van der Waals surface area contributed by atoms with E-state index < -0.39 is 0 Å². The lowest BCUT2D eigenvalue weighted by Gasteiger charge is -2.10. The average molecular weight is 399 g/mol. The Balaban J connectivity index is 1.66. The standard InChI is InChI=1S/C19H19BrN4O/c1-13-3-8-17(16(20)9-13)24-19-10-18(22-12-23-19)21-11-14-4-6-15(25-2)7-5-14/h3-10,12H,11H2,1-2H3,(H2,21,22,23,24). The molecule has 0 fully saturated rings. The number of anilines is 3. The number of rotatable bonds is 6. The van der Waals surface area contributed by atoms with Crippen LogP contribution in [0.3, 0.4) is 0 Å². The second-order valence-corrected chi connectivity index (χ2v) is 6.45. The molecule has 5 nitrogen and oxygen atoms in total. The van der Waals surface area contributed by atoms with Crippen LogP contribution in [0, 0.1) is 6.92 Å². The van der Waals surface area contributed by atoms with Gasteiger partial charge in [0.1, 0.15) is 23.7 Å². The van der Waals surface area contributed by atoms with Crippen LogP contribution >= 0.6 is 15.9 Å². The van der Waals surface area contributed by atoms with Gasteiger partial charge in [-0.1, -0.05) is 18.2 Å². The molecule has 25 heavy (non-hydrogen) atoms. The van der Waals surface area contributed by atoms with Gasteiger partial charge in [0.15, 0.2) is 0 Å². The maximum absolute atomic E-state index is 5.17. The summed E-state index contributed by atoms with van der Waals surface area (Å²) in [6, 6.07) is 16.0. The van der Waals surface area contributed by atoms with Crippen LogP contribution in [0.25, 0.3) is 0 Å². The van der Waals surface area contributed by atoms with Crippen molar-refractivity contribution in [2.75, 3.05) is 17.7 Å². The summed E-state index contributed by atoms with van der Waals surface area (Å²) in [5, 5.41) is 6.60. The number of nitrogens with zero attached hydrogens (tertiary/aromatic N) is 2. The third kappa shape index (κ3) is 4.70. The highest BCUT2D eigenvalue weighted by atomic mass is 79.9. The summed E-state index contributed by atoms with van der Waals surface area (Å²) < 4.78 is 6.17. The van der Waals surface area contributed by atoms with Crippen LogP contribution in [-0.2, 0) is 6.54 Å². The molecule has 0 amide bonds. The van der Waals surface area contributed by atoms with E-state index in [1.165, 1.54) is 5.56 Å². The molecule has 2 N–H and O–H groups in total. The van der Waals surface area contributed by atoms with Crippen LogP contribution in [0.5, 0.6) is 5.75 Å². The Kier molecular flexibility index (Phi) is 5.50. The monoisotopic (exact) mass is 398 g/mol. The SMILES string of the molecule is COc1ccc(CNc2cc(Nc3ccc(C)cc3Br)ncn2)cc1. The zero-order valence-electron chi connectivity index (χ0n) is 14.1. The summed E-state index contributed by atoms with van der Waals surface area (Å²) in [4.78, 5) is 8.54. The first-order valence-electron chi connectivity index (χ1n) is 7.86. The number of benzene rings is 2. The molecule has 6 heteroatoms. The Morgan fingerprint density at radius 3 is 2.48 bits per heavy atom. The van der Waals surface area contributed by atoms with E-state index in [0.717, 1.165) is 33.1 Å². The maximum Gasteiger partial charge on any atom is 0.135 e. The van der Waals surface area contributed by atoms with Crippen molar-refractivity contribution in [3.8, 4) is 5.75 Å². The highest BCUT2D eigenvalue weighted by Crippen LogP contribution is 2.26. The fraction of sp³-hybridized carbons (Fsp3) is 0.158. The number of ether oxygens (including phenoxy) is 1. The molecule has 0 unspecified atom stereocenters. The van der Waals surface area contributed by atoms with Crippen LogP contribution in [0.1, 0.15) is 11.1 Å². The molecule has 0 spiro atoms. The van der Waals surface area contributed by atoms with E-state index in [-0.39, 0.29) is 0 Å². The highest BCUT2D eigenvalue weighted by Gasteiger charge is 2.04. The van der Waals surface area contributed by atoms with Gasteiger partial charge >= 0.3 is 0 Å². The predicted molar refractivity (Wildman–Crippen MR) is 105 cm³/mol. The average Bonchev–Trinajstić information content (AvgIpc) is 2.63. The van der Waals surface area contributed by atoms with E-state index in [1.54, 1.807) is 13.4 Å². The van der Waals surface area contributed by atoms with E-state index in [0.29, 0.717) is 6.54 Å². The van der Waals surface area contributed by atoms with Crippen molar-refractivity contribution < 1.29 is 4.74 Å². The lowest BCUT2D eigenvalue weighted by molar-refractivity contribution is 0.414. The molecular weight excluding hydrogens is 380 g/mol. The maximum atomic E-state index is 5.17. The molecule has 2 aromatic carbocycles. The summed E-state index contributed by atoms with van der Waals surface area (Å²) in [7, 11) is 1.66. The lowest BCUT2D eigenvalue weighted by Crippen LogP contribution is -2.03. The van der Waals surface area contributed by atoms with Gasteiger partial charge in [0.25, 0.3) is 0 Å². The van der Waals surface area contributed by atoms with Gasteiger partial charge in [0, 0.05) is 17.1 Å². The van der Waals surface area contributed by atoms with Crippen LogP contribution in [0.4, 0.5) is 17.3 Å². The van der Waals surface area contributed by atoms with Gasteiger partial charge in [-0.25, -0.2) is 9.97 Å². The molecule has 3 rings (SSSR count). The van der Waals surface area contributed by atoms with Crippen molar-refractivity contribution in [1.29, 1.82) is 0 Å². The first-order valence-corrected chi connectivity index (χ1v) is 8.65. The first-order chi connectivity index (χ1) is 12.1. The van der Waals surface area contributed by atoms with Gasteiger partial charge in [-0.15, -0.1) is 0 Å². The van der Waals surface area contributed by atoms with E-state index >= 15 is 0 Å². The van der Waals surface area contributed by atoms with E-state index in [2.05, 4.69) is 55.6 Å². The quantitative estimate of drug-likeness (QED) is 0.617. The summed E-state index contributed by atoms with van der Waals surface area (Å²) in [5.74, 6) is 2.34. The molecule has 128 valence electrons. The van der Waals surface area contributed by atoms with Gasteiger partial charge in [-0.2, -0.15) is 0 Å². The molecule has 3 aromatic rings. The molecule has 0 saturated carbocycles. The Hall–Kier alpha value is -2.60. The van der Waals surface area contributed by atoms with Crippen LogP contribution in [0.2, 0.25) is 0 Å². The van der Waals surface area contributed by atoms with Crippen molar-refractivity contribution in [1.82, 2.24) is 9.97 Å². The fourth-order valence-corrected chi connectivity index (χ4v) is 2.91. The molecule has 1 heterocycles. The van der Waals surface area contributed by atoms with Crippen LogP contribution in [0.15, 0.2) is 59.3 Å². The summed E-state index contributed by atoms with van der Waals surface area (Å²) in [6.45, 7) is 2.73. The Labute approximate surface area is 155 Å². The van der Waals surface area contributed by atoms with Gasteiger partial charge < -0.3 is 15.4 Å². The highest BCUT2D eigenvalue weighted by molar-refractivity contribution is 9.10. The van der Waals surface area contributed by atoms with E-state index in [1.807, 2.05) is 36.4 Å². The molecule has 1 aromatic heterocycles. The minimum atomic E-state index is 0.675. The molecule has 0 aliphatic rings. The number of methoxy groups -OCH3 is 1. The molecule has 0 saturated heterocycles. The van der Waals surface area contributed by atoms with Gasteiger partial charge in [0.05, 0.1) is 12.8 Å². The summed E-state index contributed by atoms with van der Waals surface area (Å²) in [5.41, 5.74) is 3.31. The first kappa shape index (κ1) is 17.2. The van der Waals surface area contributed by atoms with Crippen molar-refractivity contribution >= 4 is 33.3 Å². The molecule has 0 atom stereocenters. The molecule has 0 bridgehead atoms. The predicted octanol–water partition coefficient (Wildman–Crippen LogP) is 4.91. The number of aromatic nitrogens is 2. The van der Waals surface area contributed by atoms with Crippen molar-refractivity contribution in [3.63, 3.8) is 0 Å². The summed E-state index contributed by atoms with van der Waals surface area (Å²) in [6.07, 6.45) is 1.54. The van der Waals surface area contributed by atoms with Crippen LogP contribution < -0.4 is 15.4 Å². The second kappa shape index (κ2) is 7.98. The lowest BCUT2D eigenvalue weighted by atomic mass is 10.2. The Morgan fingerprint density at radius 1 is 1.00 bits per heavy atom. The van der Waals surface area contributed by atoms with Gasteiger partial charge in [-0.3, -0.25) is 0 Å². The Bertz CT molecular complexity index is 852. The topological polar surface area (TPSA) is 59.1 Å². The van der Waals surface area contributed by atoms with Crippen molar-refractivity contribution in [2.24, 2.45) is 0 Å². The summed E-state index contributed by atoms with van der Waals surface area (Å²) >= 11 is 3.56. The van der Waals surface area contributed by atoms with Crippen molar-refractivity contribution in [3.05, 3.63) is 70.5 Å². The number of aryl methyl sites for hydroxylation is 1. The Morgan fingerprint density at radius 2 is 1.76 bits per heavy atom. The minimum Gasteiger partial charge on any atom is -0.497 e. The number of hydrogen-bond donors (Lipinski definition) is 2. The minimum absolute atomic E-state index is 0.675. The normalized spacial score (nSPS) is 10.4. The van der Waals surface area contributed by atoms with Crippen LogP contribution in [-0.4, -0.2) is 17.1 Å². The van der Waals surface area contributed by atoms with Crippen molar-refractivity contribution in [2.45, 2.75) is 13.5 Å². The van der Waals surface area contributed by atoms with E-state index in [9.17, 15) is 0 Å². The number of halogens is 1. The zero-order chi connectivity index (χ0) is 17.6. The second-order valence-electron chi connectivity index (χ2n) is 5.60. The third-order valence-corrected chi connectivity index (χ3v) is 4.34. The zero-order valence-corrected chi connectivity index (χ0v) is 15.7. The van der Waals surface area contributed by atoms with Gasteiger partial charge in [0.2, 0.25) is 0 Å². The van der Waals surface area contributed by atoms with Gasteiger partial charge in [-0.05, 0) is 58.2 Å². The smallest absolute Gasteiger partial charge is 0.135 e. The number of hydrogen-bond acceptors (Lipinski definition) is 5.